The molecule has 0 amide bonds. The molecule has 0 saturated carbocycles. The van der Waals surface area contributed by atoms with Crippen LogP contribution in [0.25, 0.3) is 0 Å². The standard InChI is InChI=1S/C14H31N2Si/c1-8-11-12-17(15(9-2)13(4)5)16(10-3)14(6)7/h11-14H,8-10H2,1-7H3. The lowest BCUT2D eigenvalue weighted by molar-refractivity contribution is 0.297. The summed E-state index contributed by atoms with van der Waals surface area (Å²) in [5.41, 5.74) is 2.47. The molecular formula is C14H31N2Si. The Morgan fingerprint density at radius 3 is 1.53 bits per heavy atom. The Balaban J connectivity index is 5.01. The second kappa shape index (κ2) is 8.89. The molecule has 3 heteroatoms. The van der Waals surface area contributed by atoms with Gasteiger partial charge in [-0.1, -0.05) is 60.2 Å². The van der Waals surface area contributed by atoms with Gasteiger partial charge in [0.05, 0.1) is 0 Å². The molecular weight excluding hydrogens is 224 g/mol. The summed E-state index contributed by atoms with van der Waals surface area (Å²) in [6.45, 7) is 18.3. The molecule has 0 aliphatic heterocycles. The van der Waals surface area contributed by atoms with E-state index in [9.17, 15) is 0 Å². The van der Waals surface area contributed by atoms with Crippen LogP contribution < -0.4 is 0 Å². The summed E-state index contributed by atoms with van der Waals surface area (Å²) in [6.07, 6.45) is 3.48. The van der Waals surface area contributed by atoms with Gasteiger partial charge in [-0.15, -0.1) is 0 Å². The van der Waals surface area contributed by atoms with Gasteiger partial charge >= 0.3 is 0 Å². The Bertz CT molecular complexity index is 198. The van der Waals surface area contributed by atoms with Crippen molar-refractivity contribution >= 4 is 9.12 Å². The Morgan fingerprint density at radius 1 is 0.882 bits per heavy atom. The first-order valence-electron chi connectivity index (χ1n) is 7.06. The van der Waals surface area contributed by atoms with Crippen LogP contribution >= 0.6 is 0 Å². The number of hydrogen-bond acceptors (Lipinski definition) is 2. The highest BCUT2D eigenvalue weighted by Gasteiger charge is 2.27. The second-order valence-corrected chi connectivity index (χ2v) is 7.13. The number of nitrogens with zero attached hydrogens (tertiary/aromatic N) is 2. The van der Waals surface area contributed by atoms with Gasteiger partial charge in [0.2, 0.25) is 0 Å². The van der Waals surface area contributed by atoms with E-state index in [-0.39, 0.29) is 0 Å². The second-order valence-electron chi connectivity index (χ2n) is 4.93. The van der Waals surface area contributed by atoms with E-state index in [4.69, 9.17) is 0 Å². The van der Waals surface area contributed by atoms with Gasteiger partial charge in [-0.25, -0.2) is 0 Å². The predicted octanol–water partition coefficient (Wildman–Crippen LogP) is 3.44. The van der Waals surface area contributed by atoms with Crippen LogP contribution in [0, 0.1) is 0 Å². The monoisotopic (exact) mass is 255 g/mol. The maximum atomic E-state index is 2.65. The first kappa shape index (κ1) is 16.9. The summed E-state index contributed by atoms with van der Waals surface area (Å²) in [4.78, 5) is 0. The van der Waals surface area contributed by atoms with Gasteiger partial charge in [-0.3, -0.25) is 0 Å². The summed E-state index contributed by atoms with van der Waals surface area (Å²) in [7, 11) is -0.699. The van der Waals surface area contributed by atoms with Gasteiger partial charge in [0, 0.05) is 0 Å². The molecule has 0 saturated heterocycles. The Kier molecular flexibility index (Phi) is 8.83. The van der Waals surface area contributed by atoms with Gasteiger partial charge in [0.25, 0.3) is 9.12 Å². The Labute approximate surface area is 110 Å². The van der Waals surface area contributed by atoms with E-state index in [2.05, 4.69) is 69.4 Å². The molecule has 0 aromatic carbocycles. The van der Waals surface area contributed by atoms with Gasteiger partial charge in [-0.2, -0.15) is 0 Å². The fourth-order valence-corrected chi connectivity index (χ4v) is 5.03. The van der Waals surface area contributed by atoms with Crippen LogP contribution in [0.4, 0.5) is 0 Å². The van der Waals surface area contributed by atoms with E-state index in [0.717, 1.165) is 19.5 Å². The van der Waals surface area contributed by atoms with Crippen molar-refractivity contribution in [3.63, 3.8) is 0 Å². The SMILES string of the molecule is CCC=C[Si](N(CC)C(C)C)N(CC)C(C)C. The first-order chi connectivity index (χ1) is 7.99. The predicted molar refractivity (Wildman–Crippen MR) is 80.2 cm³/mol. The minimum atomic E-state index is -0.699. The number of hydrogen-bond donors (Lipinski definition) is 0. The van der Waals surface area contributed by atoms with Crippen LogP contribution in [0.5, 0.6) is 0 Å². The van der Waals surface area contributed by atoms with Crippen molar-refractivity contribution in [3.05, 3.63) is 11.8 Å². The zero-order valence-corrected chi connectivity index (χ0v) is 13.8. The summed E-state index contributed by atoms with van der Waals surface area (Å²) < 4.78 is 5.31. The quantitative estimate of drug-likeness (QED) is 0.613. The molecule has 0 aliphatic rings. The Hall–Kier alpha value is -0.123. The largest absolute Gasteiger partial charge is 0.306 e. The molecule has 0 rings (SSSR count). The molecule has 0 N–H and O–H groups in total. The molecule has 0 aromatic heterocycles. The lowest BCUT2D eigenvalue weighted by Crippen LogP contribution is -2.56. The van der Waals surface area contributed by atoms with Crippen LogP contribution in [-0.2, 0) is 0 Å². The van der Waals surface area contributed by atoms with Gasteiger partial charge in [-0.05, 0) is 31.6 Å². The third-order valence-corrected chi connectivity index (χ3v) is 6.40. The molecule has 0 atom stereocenters. The maximum absolute atomic E-state index is 2.65. The van der Waals surface area contributed by atoms with Crippen molar-refractivity contribution in [2.75, 3.05) is 13.1 Å². The van der Waals surface area contributed by atoms with Crippen molar-refractivity contribution in [2.24, 2.45) is 0 Å². The van der Waals surface area contributed by atoms with Gasteiger partial charge < -0.3 is 9.13 Å². The molecule has 0 aromatic rings. The normalized spacial score (nSPS) is 13.2. The fourth-order valence-electron chi connectivity index (χ4n) is 2.16. The molecule has 0 spiro atoms. The zero-order valence-electron chi connectivity index (χ0n) is 12.8. The van der Waals surface area contributed by atoms with E-state index in [0.29, 0.717) is 12.1 Å². The van der Waals surface area contributed by atoms with Crippen LogP contribution in [0.3, 0.4) is 0 Å². The van der Waals surface area contributed by atoms with Gasteiger partial charge in [0.15, 0.2) is 0 Å². The van der Waals surface area contributed by atoms with Crippen molar-refractivity contribution in [2.45, 2.75) is 67.0 Å². The highest BCUT2D eigenvalue weighted by molar-refractivity contribution is 6.58. The minimum Gasteiger partial charge on any atom is -0.306 e. The summed E-state index contributed by atoms with van der Waals surface area (Å²) >= 11 is 0. The summed E-state index contributed by atoms with van der Waals surface area (Å²) in [5, 5.41) is 0. The summed E-state index contributed by atoms with van der Waals surface area (Å²) in [5.74, 6) is 0. The molecule has 1 radical (unpaired) electrons. The van der Waals surface area contributed by atoms with E-state index in [1.807, 2.05) is 0 Å². The van der Waals surface area contributed by atoms with Gasteiger partial charge in [0.1, 0.15) is 0 Å². The number of allylic oxidation sites excluding steroid dienone is 1. The molecule has 101 valence electrons. The molecule has 0 aliphatic carbocycles. The maximum Gasteiger partial charge on any atom is 0.259 e. The van der Waals surface area contributed by atoms with E-state index >= 15 is 0 Å². The van der Waals surface area contributed by atoms with Crippen LogP contribution in [0.2, 0.25) is 0 Å². The lowest BCUT2D eigenvalue weighted by atomic mass is 10.4. The van der Waals surface area contributed by atoms with Crippen molar-refractivity contribution < 1.29 is 0 Å². The average molecular weight is 256 g/mol. The molecule has 0 heterocycles. The lowest BCUT2D eigenvalue weighted by Gasteiger charge is -2.39. The minimum absolute atomic E-state index is 0.628. The van der Waals surface area contributed by atoms with Crippen LogP contribution in [-0.4, -0.2) is 43.4 Å². The summed E-state index contributed by atoms with van der Waals surface area (Å²) in [6, 6.07) is 1.26. The highest BCUT2D eigenvalue weighted by Crippen LogP contribution is 2.11. The molecule has 17 heavy (non-hydrogen) atoms. The molecule has 0 fully saturated rings. The van der Waals surface area contributed by atoms with Crippen molar-refractivity contribution in [3.8, 4) is 0 Å². The van der Waals surface area contributed by atoms with Crippen molar-refractivity contribution in [1.82, 2.24) is 9.13 Å². The van der Waals surface area contributed by atoms with E-state index in [1.165, 1.54) is 0 Å². The van der Waals surface area contributed by atoms with Crippen LogP contribution in [0.15, 0.2) is 11.8 Å². The number of rotatable bonds is 8. The molecule has 2 nitrogen and oxygen atoms in total. The third kappa shape index (κ3) is 5.36. The van der Waals surface area contributed by atoms with E-state index in [1.54, 1.807) is 0 Å². The first-order valence-corrected chi connectivity index (χ1v) is 8.53. The van der Waals surface area contributed by atoms with E-state index < -0.39 is 9.12 Å². The molecule has 0 unspecified atom stereocenters. The fraction of sp³-hybridized carbons (Fsp3) is 0.857. The molecule has 0 bridgehead atoms. The smallest absolute Gasteiger partial charge is 0.259 e. The zero-order chi connectivity index (χ0) is 13.4. The van der Waals surface area contributed by atoms with Crippen molar-refractivity contribution in [1.29, 1.82) is 0 Å². The average Bonchev–Trinajstić information content (AvgIpc) is 2.25. The third-order valence-electron chi connectivity index (χ3n) is 3.02. The van der Waals surface area contributed by atoms with Crippen LogP contribution in [0.1, 0.15) is 54.9 Å². The Morgan fingerprint density at radius 2 is 1.29 bits per heavy atom. The highest BCUT2D eigenvalue weighted by atomic mass is 28.3. The topological polar surface area (TPSA) is 6.48 Å².